The van der Waals surface area contributed by atoms with Crippen molar-refractivity contribution in [1.82, 2.24) is 4.57 Å². The number of ketones is 1. The quantitative estimate of drug-likeness (QED) is 0.567. The molecule has 2 heterocycles. The predicted molar refractivity (Wildman–Crippen MR) is 54.9 cm³/mol. The molecule has 0 saturated carbocycles. The minimum atomic E-state index is 0. The molecule has 0 N–H and O–H groups in total. The molecule has 0 spiro atoms. The van der Waals surface area contributed by atoms with Gasteiger partial charge in [0.25, 0.3) is 0 Å². The van der Waals surface area contributed by atoms with Crippen LogP contribution in [0, 0.1) is 0 Å². The maximum atomic E-state index is 11.0. The fourth-order valence-corrected chi connectivity index (χ4v) is 1.96. The number of halogens is 1. The first kappa shape index (κ1) is 12.2. The Morgan fingerprint density at radius 2 is 2.33 bits per heavy atom. The fourth-order valence-electron chi connectivity index (χ4n) is 1.96. The van der Waals surface area contributed by atoms with Gasteiger partial charge in [-0.2, -0.15) is 0 Å². The van der Waals surface area contributed by atoms with Gasteiger partial charge < -0.3 is 21.5 Å². The third-order valence-electron chi connectivity index (χ3n) is 2.70. The van der Waals surface area contributed by atoms with E-state index in [0.717, 1.165) is 13.1 Å². The zero-order valence-corrected chi connectivity index (χ0v) is 10.6. The molecule has 1 aliphatic rings. The molecule has 0 saturated heterocycles. The van der Waals surface area contributed by atoms with E-state index >= 15 is 0 Å². The first-order chi connectivity index (χ1) is 6.68. The molecule has 2 rings (SSSR count). The summed E-state index contributed by atoms with van der Waals surface area (Å²) in [7, 11) is 0. The van der Waals surface area contributed by atoms with Gasteiger partial charge in [0.15, 0.2) is 18.0 Å². The smallest absolute Gasteiger partial charge is 0.201 e. The van der Waals surface area contributed by atoms with Crippen LogP contribution in [0.3, 0.4) is 0 Å². The number of nitrogens with zero attached hydrogens (tertiary/aromatic N) is 2. The molecule has 1 aromatic heterocycles. The van der Waals surface area contributed by atoms with Crippen LogP contribution >= 0.6 is 0 Å². The molecule has 1 aliphatic heterocycles. The molecule has 0 amide bonds. The minimum Gasteiger partial charge on any atom is -1.00 e. The Hall–Kier alpha value is -0.900. The van der Waals surface area contributed by atoms with E-state index in [1.807, 2.05) is 0 Å². The van der Waals surface area contributed by atoms with Crippen LogP contribution in [0.1, 0.15) is 19.5 Å². The van der Waals surface area contributed by atoms with Crippen molar-refractivity contribution in [3.8, 4) is 0 Å². The molecule has 3 nitrogen and oxygen atoms in total. The number of carbonyl (C=O) groups is 1. The van der Waals surface area contributed by atoms with E-state index < -0.39 is 0 Å². The Balaban J connectivity index is 0.00000112. The van der Waals surface area contributed by atoms with Gasteiger partial charge in [-0.05, 0) is 12.1 Å². The number of hydrogen-bond donors (Lipinski definition) is 0. The Morgan fingerprint density at radius 3 is 3.00 bits per heavy atom. The molecule has 0 fully saturated rings. The Kier molecular flexibility index (Phi) is 3.85. The number of rotatable bonds is 2. The van der Waals surface area contributed by atoms with Gasteiger partial charge in [0.05, 0.1) is 6.54 Å². The number of carbonyl (C=O) groups excluding carboxylic acids is 1. The van der Waals surface area contributed by atoms with Gasteiger partial charge in [0, 0.05) is 20.0 Å². The highest BCUT2D eigenvalue weighted by Gasteiger charge is 2.21. The molecular weight excluding hydrogens is 256 g/mol. The van der Waals surface area contributed by atoms with Gasteiger partial charge >= 0.3 is 0 Å². The van der Waals surface area contributed by atoms with Crippen molar-refractivity contribution in [2.24, 2.45) is 0 Å². The van der Waals surface area contributed by atoms with E-state index in [0.29, 0.717) is 6.54 Å². The van der Waals surface area contributed by atoms with Crippen LogP contribution < -0.4 is 17.0 Å². The second-order valence-electron chi connectivity index (χ2n) is 3.80. The molecule has 4 heteroatoms. The van der Waals surface area contributed by atoms with Crippen molar-refractivity contribution < 1.29 is 26.4 Å². The largest absolute Gasteiger partial charge is 1.00 e. The second kappa shape index (κ2) is 4.75. The zero-order chi connectivity index (χ0) is 10.1. The summed E-state index contributed by atoms with van der Waals surface area (Å²) in [6, 6.07) is 4.15. The molecular formula is C11H15BrN2O. The van der Waals surface area contributed by atoms with Crippen LogP contribution in [0.15, 0.2) is 18.3 Å². The molecule has 0 aliphatic carbocycles. The Morgan fingerprint density at radius 1 is 1.60 bits per heavy atom. The third-order valence-corrected chi connectivity index (χ3v) is 2.70. The summed E-state index contributed by atoms with van der Waals surface area (Å²) in [5.74, 6) is 0.226. The van der Waals surface area contributed by atoms with Crippen molar-refractivity contribution in [3.05, 3.63) is 24.0 Å². The minimum absolute atomic E-state index is 0. The van der Waals surface area contributed by atoms with Crippen molar-refractivity contribution in [1.29, 1.82) is 0 Å². The number of Topliss-reactive ketones (excluding diaryl/α,β-unsaturated/α-hetero) is 1. The highest BCUT2D eigenvalue weighted by molar-refractivity contribution is 5.94. The van der Waals surface area contributed by atoms with Crippen molar-refractivity contribution >= 4 is 11.5 Å². The second-order valence-corrected chi connectivity index (χ2v) is 3.80. The van der Waals surface area contributed by atoms with Crippen LogP contribution in [0.2, 0.25) is 0 Å². The first-order valence-electron chi connectivity index (χ1n) is 4.92. The average Bonchev–Trinajstić information content (AvgIpc) is 2.57. The lowest BCUT2D eigenvalue weighted by molar-refractivity contribution is -0.520. The summed E-state index contributed by atoms with van der Waals surface area (Å²) in [6.07, 6.45) is 2.09. The summed E-state index contributed by atoms with van der Waals surface area (Å²) in [5.41, 5.74) is 2.44. The summed E-state index contributed by atoms with van der Waals surface area (Å²) in [5, 5.41) is 0. The lowest BCUT2D eigenvalue weighted by atomic mass is 10.2. The predicted octanol–water partition coefficient (Wildman–Crippen LogP) is -2.08. The summed E-state index contributed by atoms with van der Waals surface area (Å²) >= 11 is 0. The SMILES string of the molecule is CC(=O)C[N+]1=C(C)c2cccn2CC1.[Br-]. The van der Waals surface area contributed by atoms with E-state index in [-0.39, 0.29) is 22.8 Å². The molecule has 0 bridgehead atoms. The van der Waals surface area contributed by atoms with Gasteiger partial charge in [0.1, 0.15) is 5.69 Å². The zero-order valence-electron chi connectivity index (χ0n) is 9.03. The fraction of sp³-hybridized carbons (Fsp3) is 0.455. The van der Waals surface area contributed by atoms with Crippen LogP contribution in [-0.2, 0) is 11.3 Å². The van der Waals surface area contributed by atoms with Crippen LogP contribution in [0.25, 0.3) is 0 Å². The summed E-state index contributed by atoms with van der Waals surface area (Å²) in [4.78, 5) is 11.0. The number of hydrogen-bond acceptors (Lipinski definition) is 1. The number of aromatic nitrogens is 1. The van der Waals surface area contributed by atoms with Crippen LogP contribution in [0.4, 0.5) is 0 Å². The average molecular weight is 271 g/mol. The van der Waals surface area contributed by atoms with Gasteiger partial charge in [-0.15, -0.1) is 0 Å². The first-order valence-corrected chi connectivity index (χ1v) is 4.92. The maximum Gasteiger partial charge on any atom is 0.201 e. The van der Waals surface area contributed by atoms with Crippen LogP contribution in [-0.4, -0.2) is 33.7 Å². The van der Waals surface area contributed by atoms with Crippen molar-refractivity contribution in [2.75, 3.05) is 13.1 Å². The van der Waals surface area contributed by atoms with Gasteiger partial charge in [-0.3, -0.25) is 4.79 Å². The van der Waals surface area contributed by atoms with Crippen molar-refractivity contribution in [3.63, 3.8) is 0 Å². The van der Waals surface area contributed by atoms with E-state index in [1.165, 1.54) is 11.4 Å². The van der Waals surface area contributed by atoms with E-state index in [9.17, 15) is 4.79 Å². The Labute approximate surface area is 100 Å². The summed E-state index contributed by atoms with van der Waals surface area (Å²) in [6.45, 7) is 6.17. The molecule has 1 aromatic rings. The molecule has 15 heavy (non-hydrogen) atoms. The van der Waals surface area contributed by atoms with Crippen molar-refractivity contribution in [2.45, 2.75) is 20.4 Å². The maximum absolute atomic E-state index is 11.0. The number of fused-ring (bicyclic) bond motifs is 1. The standard InChI is InChI=1S/C11H15N2O.BrH/c1-9(14)8-13-7-6-12-5-3-4-11(12)10(13)2;/h3-5H,6-8H2,1-2H3;1H/q+1;/p-1. The third kappa shape index (κ3) is 2.37. The summed E-state index contributed by atoms with van der Waals surface area (Å²) < 4.78 is 4.38. The van der Waals surface area contributed by atoms with Crippen LogP contribution in [0.5, 0.6) is 0 Å². The normalized spacial score (nSPS) is 14.5. The lowest BCUT2D eigenvalue weighted by Gasteiger charge is -2.15. The monoisotopic (exact) mass is 270 g/mol. The molecule has 0 radical (unpaired) electrons. The van der Waals surface area contributed by atoms with E-state index in [4.69, 9.17) is 0 Å². The molecule has 0 aromatic carbocycles. The lowest BCUT2D eigenvalue weighted by Crippen LogP contribution is -3.00. The van der Waals surface area contributed by atoms with Gasteiger partial charge in [-0.25, -0.2) is 4.58 Å². The molecule has 0 atom stereocenters. The van der Waals surface area contributed by atoms with E-state index in [2.05, 4.69) is 34.4 Å². The Bertz CT molecular complexity index is 406. The topological polar surface area (TPSA) is 25.0 Å². The molecule has 82 valence electrons. The molecule has 0 unspecified atom stereocenters. The highest BCUT2D eigenvalue weighted by atomic mass is 79.9. The van der Waals surface area contributed by atoms with E-state index in [1.54, 1.807) is 6.92 Å². The highest BCUT2D eigenvalue weighted by Crippen LogP contribution is 2.08. The van der Waals surface area contributed by atoms with Gasteiger partial charge in [0.2, 0.25) is 6.54 Å². The van der Waals surface area contributed by atoms with Gasteiger partial charge in [-0.1, -0.05) is 0 Å².